The lowest BCUT2D eigenvalue weighted by atomic mass is 10.1. The molecule has 2 amide bonds. The van der Waals surface area contributed by atoms with Crippen LogP contribution < -0.4 is 14.9 Å². The number of carbonyl (C=O) groups excluding carboxylic acids is 2. The van der Waals surface area contributed by atoms with Crippen LogP contribution in [0.25, 0.3) is 0 Å². The molecule has 0 aliphatic carbocycles. The lowest BCUT2D eigenvalue weighted by Crippen LogP contribution is -2.47. The van der Waals surface area contributed by atoms with Gasteiger partial charge in [0.15, 0.2) is 0 Å². The molecule has 2 N–H and O–H groups in total. The Labute approximate surface area is 206 Å². The minimum atomic E-state index is -3.77. The number of amides is 2. The molecule has 0 bridgehead atoms. The summed E-state index contributed by atoms with van der Waals surface area (Å²) >= 11 is 0. The summed E-state index contributed by atoms with van der Waals surface area (Å²) in [6, 6.07) is 14.5. The van der Waals surface area contributed by atoms with Gasteiger partial charge in [-0.15, -0.1) is 0 Å². The maximum atomic E-state index is 13.4. The fourth-order valence-electron chi connectivity index (χ4n) is 3.71. The van der Waals surface area contributed by atoms with E-state index in [1.165, 1.54) is 0 Å². The molecule has 0 aliphatic heterocycles. The number of carbonyl (C=O) groups is 2. The number of hydrogen-bond acceptors (Lipinski definition) is 5. The Morgan fingerprint density at radius 3 is 2.40 bits per heavy atom. The fourth-order valence-corrected chi connectivity index (χ4v) is 4.91. The van der Waals surface area contributed by atoms with Crippen LogP contribution in [0.4, 0.5) is 11.4 Å². The Balaban J connectivity index is 1.85. The van der Waals surface area contributed by atoms with Gasteiger partial charge in [0.1, 0.15) is 6.04 Å². The molecule has 0 saturated heterocycles. The van der Waals surface area contributed by atoms with Gasteiger partial charge in [-0.25, -0.2) is 8.42 Å². The second-order valence-corrected chi connectivity index (χ2v) is 10.2. The Hall–Kier alpha value is -3.72. The number of anilines is 2. The molecule has 1 atom stereocenters. The third-order valence-corrected chi connectivity index (χ3v) is 6.86. The van der Waals surface area contributed by atoms with Crippen molar-refractivity contribution in [3.8, 4) is 0 Å². The molecule has 0 unspecified atom stereocenters. The van der Waals surface area contributed by atoms with E-state index in [0.717, 1.165) is 27.3 Å². The number of para-hydroxylation sites is 1. The molecule has 0 radical (unpaired) electrons. The van der Waals surface area contributed by atoms with E-state index in [1.54, 1.807) is 61.8 Å². The van der Waals surface area contributed by atoms with E-state index in [-0.39, 0.29) is 24.4 Å². The van der Waals surface area contributed by atoms with Gasteiger partial charge in [-0.3, -0.25) is 18.9 Å². The molecule has 0 fully saturated rings. The Morgan fingerprint density at radius 1 is 1.03 bits per heavy atom. The predicted octanol–water partition coefficient (Wildman–Crippen LogP) is 3.81. The molecule has 35 heavy (non-hydrogen) atoms. The van der Waals surface area contributed by atoms with Crippen LogP contribution in [0.15, 0.2) is 67.0 Å². The molecule has 3 aromatic rings. The van der Waals surface area contributed by atoms with Gasteiger partial charge in [-0.05, 0) is 67.3 Å². The molecule has 184 valence electrons. The SMILES string of the molecule is CC[C@@H](C(=O)Nc1ccccc1C(=O)NCc1cccnc1)N(c1ccc(C)c(C)c1)S(C)(=O)=O. The van der Waals surface area contributed by atoms with Gasteiger partial charge in [-0.2, -0.15) is 0 Å². The van der Waals surface area contributed by atoms with Gasteiger partial charge in [0.25, 0.3) is 5.91 Å². The minimum Gasteiger partial charge on any atom is -0.348 e. The van der Waals surface area contributed by atoms with Crippen molar-refractivity contribution in [1.29, 1.82) is 0 Å². The topological polar surface area (TPSA) is 108 Å². The number of nitrogens with one attached hydrogen (secondary N) is 2. The molecular formula is C26H30N4O4S. The van der Waals surface area contributed by atoms with Gasteiger partial charge < -0.3 is 10.6 Å². The zero-order valence-electron chi connectivity index (χ0n) is 20.3. The number of hydrogen-bond donors (Lipinski definition) is 2. The molecular weight excluding hydrogens is 464 g/mol. The zero-order valence-corrected chi connectivity index (χ0v) is 21.1. The molecule has 8 nitrogen and oxygen atoms in total. The summed E-state index contributed by atoms with van der Waals surface area (Å²) < 4.78 is 26.7. The normalized spacial score (nSPS) is 12.0. The number of rotatable bonds is 9. The van der Waals surface area contributed by atoms with Crippen molar-refractivity contribution in [2.75, 3.05) is 15.9 Å². The highest BCUT2D eigenvalue weighted by Crippen LogP contribution is 2.26. The van der Waals surface area contributed by atoms with Crippen molar-refractivity contribution in [3.63, 3.8) is 0 Å². The molecule has 1 aromatic heterocycles. The summed E-state index contributed by atoms with van der Waals surface area (Å²) in [5, 5.41) is 5.59. The van der Waals surface area contributed by atoms with E-state index in [0.29, 0.717) is 11.4 Å². The number of pyridine rings is 1. The van der Waals surface area contributed by atoms with E-state index in [2.05, 4.69) is 15.6 Å². The molecule has 0 spiro atoms. The highest BCUT2D eigenvalue weighted by Gasteiger charge is 2.32. The summed E-state index contributed by atoms with van der Waals surface area (Å²) in [7, 11) is -3.77. The zero-order chi connectivity index (χ0) is 25.6. The van der Waals surface area contributed by atoms with Crippen LogP contribution in [0.5, 0.6) is 0 Å². The van der Waals surface area contributed by atoms with Crippen molar-refractivity contribution in [2.45, 2.75) is 39.8 Å². The van der Waals surface area contributed by atoms with Crippen LogP contribution in [-0.2, 0) is 21.4 Å². The third kappa shape index (κ3) is 6.45. The first-order chi connectivity index (χ1) is 16.6. The van der Waals surface area contributed by atoms with Gasteiger partial charge >= 0.3 is 0 Å². The van der Waals surface area contributed by atoms with Crippen LogP contribution in [0.3, 0.4) is 0 Å². The first-order valence-corrected chi connectivity index (χ1v) is 13.1. The van der Waals surface area contributed by atoms with Gasteiger partial charge in [-0.1, -0.05) is 31.2 Å². The standard InChI is InChI=1S/C26H30N4O4S/c1-5-24(30(35(4,33)34)21-13-12-18(2)19(3)15-21)26(32)29-23-11-7-6-10-22(23)25(31)28-17-20-9-8-14-27-16-20/h6-16,24H,5,17H2,1-4H3,(H,28,31)(H,29,32)/t24-/m0/s1. The fraction of sp³-hybridized carbons (Fsp3) is 0.269. The van der Waals surface area contributed by atoms with Crippen molar-refractivity contribution in [3.05, 3.63) is 89.2 Å². The molecule has 0 saturated carbocycles. The number of aryl methyl sites for hydroxylation is 2. The van der Waals surface area contributed by atoms with Crippen LogP contribution in [0.1, 0.15) is 40.4 Å². The van der Waals surface area contributed by atoms with Gasteiger partial charge in [0.05, 0.1) is 23.2 Å². The summed E-state index contributed by atoms with van der Waals surface area (Å²) in [5.74, 6) is -0.893. The lowest BCUT2D eigenvalue weighted by molar-refractivity contribution is -0.117. The maximum Gasteiger partial charge on any atom is 0.253 e. The molecule has 1 heterocycles. The second-order valence-electron chi connectivity index (χ2n) is 8.33. The summed E-state index contributed by atoms with van der Waals surface area (Å²) in [5.41, 5.74) is 3.77. The van der Waals surface area contributed by atoms with E-state index in [4.69, 9.17) is 0 Å². The second kappa shape index (κ2) is 11.1. The van der Waals surface area contributed by atoms with Crippen LogP contribution in [0, 0.1) is 13.8 Å². The quantitative estimate of drug-likeness (QED) is 0.470. The molecule has 2 aromatic carbocycles. The van der Waals surface area contributed by atoms with E-state index >= 15 is 0 Å². The van der Waals surface area contributed by atoms with Crippen molar-refractivity contribution in [1.82, 2.24) is 10.3 Å². The van der Waals surface area contributed by atoms with E-state index < -0.39 is 22.0 Å². The number of nitrogens with zero attached hydrogens (tertiary/aromatic N) is 2. The Bertz CT molecular complexity index is 1310. The van der Waals surface area contributed by atoms with Gasteiger partial charge in [0, 0.05) is 18.9 Å². The number of benzene rings is 2. The summed E-state index contributed by atoms with van der Waals surface area (Å²) in [6.45, 7) is 5.85. The third-order valence-electron chi connectivity index (χ3n) is 5.68. The van der Waals surface area contributed by atoms with Crippen LogP contribution in [0.2, 0.25) is 0 Å². The Morgan fingerprint density at radius 2 is 1.77 bits per heavy atom. The van der Waals surface area contributed by atoms with Crippen LogP contribution >= 0.6 is 0 Å². The average molecular weight is 495 g/mol. The maximum absolute atomic E-state index is 13.4. The minimum absolute atomic E-state index is 0.237. The largest absolute Gasteiger partial charge is 0.348 e. The van der Waals surface area contributed by atoms with Gasteiger partial charge in [0.2, 0.25) is 15.9 Å². The summed E-state index contributed by atoms with van der Waals surface area (Å²) in [6.07, 6.45) is 4.63. The highest BCUT2D eigenvalue weighted by atomic mass is 32.2. The number of aromatic nitrogens is 1. The molecule has 3 rings (SSSR count). The Kier molecular flexibility index (Phi) is 8.24. The molecule has 9 heteroatoms. The van der Waals surface area contributed by atoms with Crippen LogP contribution in [-0.4, -0.2) is 37.5 Å². The first kappa shape index (κ1) is 25.9. The average Bonchev–Trinajstić information content (AvgIpc) is 2.83. The van der Waals surface area contributed by atoms with Crippen molar-refractivity contribution >= 4 is 33.2 Å². The number of sulfonamides is 1. The van der Waals surface area contributed by atoms with E-state index in [1.807, 2.05) is 26.0 Å². The molecule has 0 aliphatic rings. The highest BCUT2D eigenvalue weighted by molar-refractivity contribution is 7.92. The van der Waals surface area contributed by atoms with Crippen molar-refractivity contribution in [2.24, 2.45) is 0 Å². The smallest absolute Gasteiger partial charge is 0.253 e. The van der Waals surface area contributed by atoms with E-state index in [9.17, 15) is 18.0 Å². The van der Waals surface area contributed by atoms with Crippen molar-refractivity contribution < 1.29 is 18.0 Å². The predicted molar refractivity (Wildman–Crippen MR) is 138 cm³/mol. The lowest BCUT2D eigenvalue weighted by Gasteiger charge is -2.30. The monoisotopic (exact) mass is 494 g/mol. The summed E-state index contributed by atoms with van der Waals surface area (Å²) in [4.78, 5) is 30.2. The first-order valence-electron chi connectivity index (χ1n) is 11.3.